The van der Waals surface area contributed by atoms with E-state index in [1.165, 1.54) is 43.5 Å². The van der Waals surface area contributed by atoms with Crippen molar-refractivity contribution in [1.29, 1.82) is 0 Å². The van der Waals surface area contributed by atoms with E-state index in [1.807, 2.05) is 25.1 Å². The van der Waals surface area contributed by atoms with Gasteiger partial charge in [0.05, 0.1) is 0 Å². The van der Waals surface area contributed by atoms with Crippen LogP contribution in [0, 0.1) is 6.92 Å². The monoisotopic (exact) mass is 295 g/mol. The van der Waals surface area contributed by atoms with Crippen LogP contribution in [0.5, 0.6) is 0 Å². The zero-order valence-electron chi connectivity index (χ0n) is 13.4. The minimum atomic E-state index is 0.834. The van der Waals surface area contributed by atoms with Crippen LogP contribution in [-0.2, 0) is 13.1 Å². The van der Waals surface area contributed by atoms with E-state index in [0.717, 1.165) is 24.6 Å². The highest BCUT2D eigenvalue weighted by Gasteiger charge is 2.12. The van der Waals surface area contributed by atoms with Gasteiger partial charge in [-0.3, -0.25) is 4.90 Å². The molecule has 0 amide bonds. The third-order valence-electron chi connectivity index (χ3n) is 4.31. The fourth-order valence-electron chi connectivity index (χ4n) is 3.07. The molecule has 1 aromatic carbocycles. The highest BCUT2D eigenvalue weighted by molar-refractivity contribution is 5.38. The number of piperidine rings is 1. The number of nitrogens with zero attached hydrogens (tertiary/aromatic N) is 2. The Morgan fingerprint density at radius 3 is 2.50 bits per heavy atom. The predicted molar refractivity (Wildman–Crippen MR) is 91.9 cm³/mol. The average Bonchev–Trinajstić information content (AvgIpc) is 2.55. The fraction of sp³-hybridized carbons (Fsp3) is 0.421. The molecule has 0 saturated carbocycles. The molecular weight excluding hydrogens is 270 g/mol. The largest absolute Gasteiger partial charge is 0.366 e. The van der Waals surface area contributed by atoms with E-state index in [9.17, 15) is 0 Å². The molecule has 1 aliphatic rings. The first kappa shape index (κ1) is 15.0. The molecule has 0 radical (unpaired) electrons. The van der Waals surface area contributed by atoms with Gasteiger partial charge in [0.2, 0.25) is 0 Å². The summed E-state index contributed by atoms with van der Waals surface area (Å²) in [5.41, 5.74) is 3.85. The maximum atomic E-state index is 4.51. The summed E-state index contributed by atoms with van der Waals surface area (Å²) in [4.78, 5) is 7.09. The zero-order chi connectivity index (χ0) is 15.2. The van der Waals surface area contributed by atoms with E-state index in [4.69, 9.17) is 0 Å². The Bertz CT molecular complexity index is 603. The van der Waals surface area contributed by atoms with Gasteiger partial charge in [-0.05, 0) is 56.1 Å². The normalized spacial score (nSPS) is 15.7. The van der Waals surface area contributed by atoms with Crippen LogP contribution in [0.1, 0.15) is 36.1 Å². The van der Waals surface area contributed by atoms with Crippen LogP contribution >= 0.6 is 0 Å². The summed E-state index contributed by atoms with van der Waals surface area (Å²) in [6, 6.07) is 14.9. The van der Waals surface area contributed by atoms with Gasteiger partial charge < -0.3 is 5.32 Å². The topological polar surface area (TPSA) is 28.2 Å². The molecule has 2 heterocycles. The highest BCUT2D eigenvalue weighted by atomic mass is 15.1. The van der Waals surface area contributed by atoms with E-state index < -0.39 is 0 Å². The molecule has 1 aromatic heterocycles. The van der Waals surface area contributed by atoms with Crippen molar-refractivity contribution in [3.63, 3.8) is 0 Å². The van der Waals surface area contributed by atoms with E-state index in [2.05, 4.69) is 39.5 Å². The smallest absolute Gasteiger partial charge is 0.126 e. The molecule has 1 fully saturated rings. The van der Waals surface area contributed by atoms with E-state index in [0.29, 0.717) is 0 Å². The molecule has 0 atom stereocenters. The van der Waals surface area contributed by atoms with Gasteiger partial charge in [0.25, 0.3) is 0 Å². The first-order valence-corrected chi connectivity index (χ1v) is 8.28. The molecule has 2 aromatic rings. The molecule has 3 nitrogen and oxygen atoms in total. The fourth-order valence-corrected chi connectivity index (χ4v) is 3.07. The maximum absolute atomic E-state index is 4.51. The molecule has 1 N–H and O–H groups in total. The molecule has 22 heavy (non-hydrogen) atoms. The van der Waals surface area contributed by atoms with Crippen molar-refractivity contribution in [3.8, 4) is 0 Å². The number of anilines is 1. The Hall–Kier alpha value is -1.87. The van der Waals surface area contributed by atoms with Crippen LogP contribution in [0.4, 0.5) is 5.82 Å². The molecule has 0 bridgehead atoms. The van der Waals surface area contributed by atoms with Crippen LogP contribution in [0.3, 0.4) is 0 Å². The first-order chi connectivity index (χ1) is 10.8. The molecule has 1 aliphatic heterocycles. The van der Waals surface area contributed by atoms with Crippen molar-refractivity contribution in [2.24, 2.45) is 0 Å². The summed E-state index contributed by atoms with van der Waals surface area (Å²) in [5, 5.41) is 3.45. The number of pyridine rings is 1. The zero-order valence-corrected chi connectivity index (χ0v) is 13.4. The Morgan fingerprint density at radius 1 is 0.955 bits per heavy atom. The van der Waals surface area contributed by atoms with Crippen LogP contribution in [-0.4, -0.2) is 23.0 Å². The van der Waals surface area contributed by atoms with Gasteiger partial charge in [-0.2, -0.15) is 0 Å². The second kappa shape index (κ2) is 7.41. The summed E-state index contributed by atoms with van der Waals surface area (Å²) in [5.74, 6) is 0.952. The standard InChI is InChI=1S/C19H25N3/c1-16-8-7-11-19(21-16)20-14-17-9-3-4-10-18(17)15-22-12-5-2-6-13-22/h3-4,7-11H,2,5-6,12-15H2,1H3,(H,20,21). The lowest BCUT2D eigenvalue weighted by Crippen LogP contribution is -2.29. The number of likely N-dealkylation sites (tertiary alicyclic amines) is 1. The van der Waals surface area contributed by atoms with Crippen LogP contribution in [0.15, 0.2) is 42.5 Å². The van der Waals surface area contributed by atoms with E-state index >= 15 is 0 Å². The van der Waals surface area contributed by atoms with Gasteiger partial charge in [-0.25, -0.2) is 4.98 Å². The number of aryl methyl sites for hydroxylation is 1. The van der Waals surface area contributed by atoms with Crippen LogP contribution in [0.25, 0.3) is 0 Å². The van der Waals surface area contributed by atoms with Crippen molar-refractivity contribution in [1.82, 2.24) is 9.88 Å². The average molecular weight is 295 g/mol. The molecule has 0 spiro atoms. The van der Waals surface area contributed by atoms with Crippen molar-refractivity contribution >= 4 is 5.82 Å². The summed E-state index contributed by atoms with van der Waals surface area (Å²) in [7, 11) is 0. The lowest BCUT2D eigenvalue weighted by molar-refractivity contribution is 0.220. The summed E-state index contributed by atoms with van der Waals surface area (Å²) < 4.78 is 0. The van der Waals surface area contributed by atoms with E-state index in [-0.39, 0.29) is 0 Å². The van der Waals surface area contributed by atoms with Crippen molar-refractivity contribution in [3.05, 3.63) is 59.3 Å². The minimum Gasteiger partial charge on any atom is -0.366 e. The van der Waals surface area contributed by atoms with Gasteiger partial charge in [0.1, 0.15) is 5.82 Å². The molecular formula is C19H25N3. The number of hydrogen-bond donors (Lipinski definition) is 1. The van der Waals surface area contributed by atoms with Gasteiger partial charge in [0.15, 0.2) is 0 Å². The Balaban J connectivity index is 1.65. The number of nitrogens with one attached hydrogen (secondary N) is 1. The summed E-state index contributed by atoms with van der Waals surface area (Å²) in [6.07, 6.45) is 4.07. The molecule has 0 aliphatic carbocycles. The van der Waals surface area contributed by atoms with Gasteiger partial charge >= 0.3 is 0 Å². The van der Waals surface area contributed by atoms with Crippen LogP contribution in [0.2, 0.25) is 0 Å². The first-order valence-electron chi connectivity index (χ1n) is 8.28. The second-order valence-electron chi connectivity index (χ2n) is 6.12. The van der Waals surface area contributed by atoms with Crippen molar-refractivity contribution in [2.75, 3.05) is 18.4 Å². The Labute approximate surface area is 133 Å². The van der Waals surface area contributed by atoms with Crippen LogP contribution < -0.4 is 5.32 Å². The second-order valence-corrected chi connectivity index (χ2v) is 6.12. The lowest BCUT2D eigenvalue weighted by Gasteiger charge is -2.27. The van der Waals surface area contributed by atoms with Gasteiger partial charge in [0, 0.05) is 18.8 Å². The third kappa shape index (κ3) is 4.08. The number of hydrogen-bond acceptors (Lipinski definition) is 3. The van der Waals surface area contributed by atoms with Gasteiger partial charge in [-0.15, -0.1) is 0 Å². The molecule has 116 valence electrons. The quantitative estimate of drug-likeness (QED) is 0.904. The summed E-state index contributed by atoms with van der Waals surface area (Å²) in [6.45, 7) is 6.40. The molecule has 0 unspecified atom stereocenters. The molecule has 1 saturated heterocycles. The Kier molecular flexibility index (Phi) is 5.07. The summed E-state index contributed by atoms with van der Waals surface area (Å²) >= 11 is 0. The Morgan fingerprint density at radius 2 is 1.73 bits per heavy atom. The van der Waals surface area contributed by atoms with Gasteiger partial charge in [-0.1, -0.05) is 36.8 Å². The maximum Gasteiger partial charge on any atom is 0.126 e. The van der Waals surface area contributed by atoms with E-state index in [1.54, 1.807) is 0 Å². The number of benzene rings is 1. The number of aromatic nitrogens is 1. The molecule has 3 heteroatoms. The predicted octanol–water partition coefficient (Wildman–Crippen LogP) is 3.99. The number of rotatable bonds is 5. The van der Waals surface area contributed by atoms with Crippen molar-refractivity contribution < 1.29 is 0 Å². The molecule has 3 rings (SSSR count). The third-order valence-corrected chi connectivity index (χ3v) is 4.31. The highest BCUT2D eigenvalue weighted by Crippen LogP contribution is 2.17. The lowest BCUT2D eigenvalue weighted by atomic mass is 10.0. The van der Waals surface area contributed by atoms with Crippen molar-refractivity contribution in [2.45, 2.75) is 39.3 Å². The SMILES string of the molecule is Cc1cccc(NCc2ccccc2CN2CCCCC2)n1. The minimum absolute atomic E-state index is 0.834.